The van der Waals surface area contributed by atoms with E-state index >= 15 is 0 Å². The van der Waals surface area contributed by atoms with Crippen molar-refractivity contribution in [1.29, 1.82) is 0 Å². The lowest BCUT2D eigenvalue weighted by Gasteiger charge is -2.25. The minimum absolute atomic E-state index is 0.115. The highest BCUT2D eigenvalue weighted by atomic mass is 16.3. The van der Waals surface area contributed by atoms with Gasteiger partial charge in [-0.15, -0.1) is 0 Å². The Morgan fingerprint density at radius 3 is 1.25 bits per heavy atom. The molecule has 0 heterocycles. The van der Waals surface area contributed by atoms with Crippen LogP contribution in [0.15, 0.2) is 0 Å². The van der Waals surface area contributed by atoms with Gasteiger partial charge in [0.15, 0.2) is 0 Å². The topological polar surface area (TPSA) is 133 Å². The van der Waals surface area contributed by atoms with Crippen LogP contribution in [0, 0.1) is 0 Å². The highest BCUT2D eigenvalue weighted by Gasteiger charge is 2.21. The van der Waals surface area contributed by atoms with Crippen molar-refractivity contribution in [2.75, 3.05) is 6.54 Å². The van der Waals surface area contributed by atoms with Gasteiger partial charge in [0, 0.05) is 24.4 Å². The van der Waals surface area contributed by atoms with Crippen molar-refractivity contribution in [2.45, 2.75) is 111 Å². The standard InChI is InChI=1S/C9H22N2O.3C3H8O/c1-9(2,12)8(11)6-4-3-5-7-10;3*1-3(2)4/h8,12H,3-7,10-11H2,1-2H3;3*3-4H,1-2H3. The minimum Gasteiger partial charge on any atom is -0.394 e. The van der Waals surface area contributed by atoms with Gasteiger partial charge < -0.3 is 31.9 Å². The maximum atomic E-state index is 9.49. The van der Waals surface area contributed by atoms with Crippen LogP contribution >= 0.6 is 0 Å². The van der Waals surface area contributed by atoms with Gasteiger partial charge in [-0.3, -0.25) is 0 Å². The third-order valence-electron chi connectivity index (χ3n) is 2.13. The smallest absolute Gasteiger partial charge is 0.0741 e. The van der Waals surface area contributed by atoms with Crippen LogP contribution in [0.5, 0.6) is 0 Å². The molecule has 0 spiro atoms. The summed E-state index contributed by atoms with van der Waals surface area (Å²) in [6.07, 6.45) is 3.60. The molecule has 0 amide bonds. The lowest BCUT2D eigenvalue weighted by atomic mass is 9.94. The first-order valence-electron chi connectivity index (χ1n) is 8.90. The molecule has 152 valence electrons. The average molecular weight is 355 g/mol. The van der Waals surface area contributed by atoms with Gasteiger partial charge in [0.05, 0.1) is 5.60 Å². The molecule has 0 fully saturated rings. The van der Waals surface area contributed by atoms with Crippen molar-refractivity contribution in [3.05, 3.63) is 0 Å². The zero-order chi connectivity index (χ0) is 20.3. The normalized spacial score (nSPS) is 11.9. The number of aliphatic hydroxyl groups excluding tert-OH is 3. The van der Waals surface area contributed by atoms with Gasteiger partial charge in [-0.2, -0.15) is 0 Å². The van der Waals surface area contributed by atoms with Crippen molar-refractivity contribution in [3.8, 4) is 0 Å². The largest absolute Gasteiger partial charge is 0.394 e. The van der Waals surface area contributed by atoms with Crippen LogP contribution in [0.2, 0.25) is 0 Å². The molecular weight excluding hydrogens is 308 g/mol. The zero-order valence-corrected chi connectivity index (χ0v) is 17.3. The molecule has 0 aliphatic rings. The molecule has 6 nitrogen and oxygen atoms in total. The van der Waals surface area contributed by atoms with E-state index in [9.17, 15) is 5.11 Å². The monoisotopic (exact) mass is 354 g/mol. The van der Waals surface area contributed by atoms with E-state index in [0.29, 0.717) is 0 Å². The van der Waals surface area contributed by atoms with E-state index in [1.54, 1.807) is 55.4 Å². The Kier molecular flexibility index (Phi) is 27.3. The molecule has 8 N–H and O–H groups in total. The summed E-state index contributed by atoms with van der Waals surface area (Å²) in [7, 11) is 0. The first-order valence-corrected chi connectivity index (χ1v) is 8.90. The van der Waals surface area contributed by atoms with Crippen LogP contribution in [0.1, 0.15) is 81.1 Å². The zero-order valence-electron chi connectivity index (χ0n) is 17.3. The summed E-state index contributed by atoms with van der Waals surface area (Å²) in [6, 6.07) is -0.115. The highest BCUT2D eigenvalue weighted by Crippen LogP contribution is 2.12. The van der Waals surface area contributed by atoms with Crippen molar-refractivity contribution < 1.29 is 20.4 Å². The fourth-order valence-electron chi connectivity index (χ4n) is 1.04. The molecule has 0 saturated carbocycles. The van der Waals surface area contributed by atoms with Crippen LogP contribution in [0.4, 0.5) is 0 Å². The summed E-state index contributed by atoms with van der Waals surface area (Å²) < 4.78 is 0. The Morgan fingerprint density at radius 1 is 0.750 bits per heavy atom. The molecular formula is C18H46N2O4. The van der Waals surface area contributed by atoms with Crippen molar-refractivity contribution in [3.63, 3.8) is 0 Å². The first-order chi connectivity index (χ1) is 10.7. The number of aliphatic hydroxyl groups is 4. The Hall–Kier alpha value is -0.240. The predicted molar refractivity (Wildman–Crippen MR) is 104 cm³/mol. The first kappa shape index (κ1) is 31.5. The summed E-state index contributed by atoms with van der Waals surface area (Å²) in [5.74, 6) is 0. The molecule has 0 radical (unpaired) electrons. The van der Waals surface area contributed by atoms with Crippen LogP contribution in [0.25, 0.3) is 0 Å². The number of unbranched alkanes of at least 4 members (excludes halogenated alkanes) is 2. The molecule has 0 rings (SSSR count). The molecule has 24 heavy (non-hydrogen) atoms. The van der Waals surface area contributed by atoms with E-state index in [1.165, 1.54) is 0 Å². The highest BCUT2D eigenvalue weighted by molar-refractivity contribution is 4.79. The van der Waals surface area contributed by atoms with Crippen molar-refractivity contribution in [2.24, 2.45) is 11.5 Å². The van der Waals surface area contributed by atoms with Gasteiger partial charge in [-0.25, -0.2) is 0 Å². The third kappa shape index (κ3) is 67.8. The second-order valence-electron chi connectivity index (χ2n) is 7.18. The van der Waals surface area contributed by atoms with E-state index in [2.05, 4.69) is 0 Å². The molecule has 0 aromatic rings. The van der Waals surface area contributed by atoms with Gasteiger partial charge in [-0.1, -0.05) is 12.8 Å². The van der Waals surface area contributed by atoms with Gasteiger partial charge in [-0.05, 0) is 74.8 Å². The predicted octanol–water partition coefficient (Wildman–Crippen LogP) is 1.77. The molecule has 0 aliphatic carbocycles. The molecule has 0 bridgehead atoms. The van der Waals surface area contributed by atoms with Crippen LogP contribution in [-0.4, -0.2) is 56.9 Å². The lowest BCUT2D eigenvalue weighted by molar-refractivity contribution is 0.0482. The Morgan fingerprint density at radius 2 is 1.04 bits per heavy atom. The Labute approximate surface area is 150 Å². The minimum atomic E-state index is -0.747. The van der Waals surface area contributed by atoms with Gasteiger partial charge in [0.25, 0.3) is 0 Å². The maximum absolute atomic E-state index is 9.49. The number of hydrogen-bond acceptors (Lipinski definition) is 6. The van der Waals surface area contributed by atoms with Crippen molar-refractivity contribution in [1.82, 2.24) is 0 Å². The summed E-state index contributed by atoms with van der Waals surface area (Å²) in [5.41, 5.74) is 10.4. The molecule has 0 saturated heterocycles. The number of hydrogen-bond donors (Lipinski definition) is 6. The van der Waals surface area contributed by atoms with E-state index in [4.69, 9.17) is 26.8 Å². The second-order valence-corrected chi connectivity index (χ2v) is 7.18. The van der Waals surface area contributed by atoms with E-state index in [1.807, 2.05) is 0 Å². The van der Waals surface area contributed by atoms with E-state index in [-0.39, 0.29) is 24.4 Å². The summed E-state index contributed by atoms with van der Waals surface area (Å²) >= 11 is 0. The van der Waals surface area contributed by atoms with Crippen molar-refractivity contribution >= 4 is 0 Å². The molecule has 0 aliphatic heterocycles. The summed E-state index contributed by atoms with van der Waals surface area (Å²) in [4.78, 5) is 0. The van der Waals surface area contributed by atoms with E-state index in [0.717, 1.165) is 32.2 Å². The SMILES string of the molecule is CC(C)(O)C(N)CCCCCN.CC(C)O.CC(C)O.CC(C)O. The fourth-order valence-corrected chi connectivity index (χ4v) is 1.04. The fraction of sp³-hybridized carbons (Fsp3) is 1.00. The third-order valence-corrected chi connectivity index (χ3v) is 2.13. The van der Waals surface area contributed by atoms with Crippen LogP contribution < -0.4 is 11.5 Å². The average Bonchev–Trinajstić information content (AvgIpc) is 2.31. The van der Waals surface area contributed by atoms with Gasteiger partial charge >= 0.3 is 0 Å². The molecule has 1 unspecified atom stereocenters. The van der Waals surface area contributed by atoms with Crippen LogP contribution in [-0.2, 0) is 0 Å². The maximum Gasteiger partial charge on any atom is 0.0741 e. The Balaban J connectivity index is -0.000000137. The quantitative estimate of drug-likeness (QED) is 0.403. The van der Waals surface area contributed by atoms with Crippen LogP contribution in [0.3, 0.4) is 0 Å². The summed E-state index contributed by atoms with van der Waals surface area (Å²) in [6.45, 7) is 14.6. The summed E-state index contributed by atoms with van der Waals surface area (Å²) in [5, 5.41) is 33.7. The van der Waals surface area contributed by atoms with Gasteiger partial charge in [0.1, 0.15) is 0 Å². The number of rotatable bonds is 6. The molecule has 0 aromatic carbocycles. The molecule has 6 heteroatoms. The van der Waals surface area contributed by atoms with E-state index < -0.39 is 5.60 Å². The Bertz CT molecular complexity index is 195. The molecule has 0 aromatic heterocycles. The second kappa shape index (κ2) is 20.8. The van der Waals surface area contributed by atoms with Gasteiger partial charge in [0.2, 0.25) is 0 Å². The molecule has 1 atom stereocenters. The number of nitrogens with two attached hydrogens (primary N) is 2. The lowest BCUT2D eigenvalue weighted by Crippen LogP contribution is -2.42.